The molecule has 1 heterocycles. The zero-order valence-electron chi connectivity index (χ0n) is 23.3. The lowest BCUT2D eigenvalue weighted by atomic mass is 9.86. The van der Waals surface area contributed by atoms with Gasteiger partial charge < -0.3 is 34.9 Å². The number of fused-ring (bicyclic) bond motifs is 2. The summed E-state index contributed by atoms with van der Waals surface area (Å²) in [6.07, 6.45) is 6.24. The van der Waals surface area contributed by atoms with Crippen LogP contribution in [0.4, 0.5) is 14.9 Å². The molecule has 0 saturated carbocycles. The van der Waals surface area contributed by atoms with Crippen molar-refractivity contribution < 1.29 is 37.8 Å². The average Bonchev–Trinajstić information content (AvgIpc) is 2.89. The molecule has 218 valence electrons. The molecule has 0 aliphatic carbocycles. The summed E-state index contributed by atoms with van der Waals surface area (Å²) < 4.78 is 26.0. The highest BCUT2D eigenvalue weighted by Crippen LogP contribution is 2.40. The van der Waals surface area contributed by atoms with Crippen molar-refractivity contribution in [1.82, 2.24) is 0 Å². The number of halogens is 1. The first-order valence-electron chi connectivity index (χ1n) is 12.5. The Bertz CT molecular complexity index is 1060. The summed E-state index contributed by atoms with van der Waals surface area (Å²) in [6, 6.07) is 2.66. The first kappa shape index (κ1) is 34.0. The van der Waals surface area contributed by atoms with Gasteiger partial charge in [-0.1, -0.05) is 38.2 Å². The maximum atomic E-state index is 12.7. The lowest BCUT2D eigenvalue weighted by Gasteiger charge is -2.29. The Morgan fingerprint density at radius 2 is 1.82 bits per heavy atom. The Kier molecular flexibility index (Phi) is 14.7. The van der Waals surface area contributed by atoms with E-state index in [9.17, 15) is 24.2 Å². The van der Waals surface area contributed by atoms with Crippen molar-refractivity contribution in [3.63, 3.8) is 0 Å². The van der Waals surface area contributed by atoms with Crippen LogP contribution in [-0.2, 0) is 18.5 Å². The van der Waals surface area contributed by atoms with Crippen LogP contribution in [0.25, 0.3) is 0 Å². The Labute approximate surface area is 235 Å². The molecule has 0 fully saturated rings. The number of ether oxygens (including phenoxy) is 2. The standard InChI is InChI=1S/C27H38N2O7S.CH3F/c1-15-10-11-23(36-37)20-13-19(30)14-21(24(20)31)29-26(32)16(2)8-6-7-9-22(35-27(28)33)17(3)12-18(4)25(15)34-5;1-2/h6-8,12-15,18,22-23,25,30-31,37H,9-11H2,1-5H3,(H2,28,33)(H,29,32);1H3/b7-6+,16-8+,17-12+;. The molecule has 1 aliphatic rings. The molecular formula is C28H41FN2O7S. The molecule has 0 spiro atoms. The number of hydrogen-bond donors (Lipinski definition) is 5. The van der Waals surface area contributed by atoms with Gasteiger partial charge in [0.05, 0.1) is 19.0 Å². The molecule has 2 amide bonds. The minimum absolute atomic E-state index is 0.0230. The van der Waals surface area contributed by atoms with Crippen LogP contribution in [0.5, 0.6) is 11.5 Å². The van der Waals surface area contributed by atoms with Gasteiger partial charge >= 0.3 is 6.09 Å². The third-order valence-electron chi connectivity index (χ3n) is 6.56. The van der Waals surface area contributed by atoms with Gasteiger partial charge in [0.25, 0.3) is 5.91 Å². The molecule has 1 aromatic rings. The molecule has 5 unspecified atom stereocenters. The number of hydrogen-bond acceptors (Lipinski definition) is 8. The number of carbonyl (C=O) groups excluding carboxylic acids is 2. The second kappa shape index (κ2) is 16.8. The Morgan fingerprint density at radius 1 is 1.15 bits per heavy atom. The van der Waals surface area contributed by atoms with Crippen molar-refractivity contribution in [3.05, 3.63) is 53.1 Å². The number of phenolic OH excluding ortho intramolecular Hbond substituents is 2. The van der Waals surface area contributed by atoms with Crippen LogP contribution in [0.2, 0.25) is 0 Å². The molecule has 11 heteroatoms. The highest BCUT2D eigenvalue weighted by atomic mass is 32.1. The predicted molar refractivity (Wildman–Crippen MR) is 152 cm³/mol. The molecule has 39 heavy (non-hydrogen) atoms. The molecule has 2 bridgehead atoms. The highest BCUT2D eigenvalue weighted by molar-refractivity contribution is 7.75. The third-order valence-corrected chi connectivity index (χ3v) is 6.82. The van der Waals surface area contributed by atoms with Crippen LogP contribution >= 0.6 is 12.9 Å². The maximum absolute atomic E-state index is 12.7. The van der Waals surface area contributed by atoms with Crippen LogP contribution < -0.4 is 11.1 Å². The Morgan fingerprint density at radius 3 is 2.41 bits per heavy atom. The number of anilines is 1. The van der Waals surface area contributed by atoms with Crippen LogP contribution in [-0.4, -0.2) is 48.7 Å². The smallest absolute Gasteiger partial charge is 0.405 e. The fourth-order valence-electron chi connectivity index (χ4n) is 4.59. The Hall–Kier alpha value is -3.02. The molecule has 2 rings (SSSR count). The number of methoxy groups -OCH3 is 1. The van der Waals surface area contributed by atoms with Crippen LogP contribution in [0.15, 0.2) is 47.6 Å². The first-order chi connectivity index (χ1) is 18.5. The van der Waals surface area contributed by atoms with Crippen molar-refractivity contribution in [2.24, 2.45) is 17.6 Å². The van der Waals surface area contributed by atoms with E-state index in [1.165, 1.54) is 12.1 Å². The fraction of sp³-hybridized carbons (Fsp3) is 0.500. The molecule has 5 atom stereocenters. The van der Waals surface area contributed by atoms with E-state index in [1.807, 2.05) is 19.9 Å². The summed E-state index contributed by atoms with van der Waals surface area (Å²) in [4.78, 5) is 24.2. The quantitative estimate of drug-likeness (QED) is 0.100. The molecule has 5 N–H and O–H groups in total. The minimum Gasteiger partial charge on any atom is -0.508 e. The molecule has 0 saturated heterocycles. The number of nitrogens with two attached hydrogens (primary N) is 1. The maximum Gasteiger partial charge on any atom is 0.405 e. The summed E-state index contributed by atoms with van der Waals surface area (Å²) in [5.74, 6) is -0.767. The van der Waals surface area contributed by atoms with Crippen molar-refractivity contribution in [2.75, 3.05) is 19.6 Å². The minimum atomic E-state index is -0.873. The number of thiol groups is 1. The van der Waals surface area contributed by atoms with E-state index in [4.69, 9.17) is 19.4 Å². The van der Waals surface area contributed by atoms with Crippen molar-refractivity contribution in [1.29, 1.82) is 0 Å². The summed E-state index contributed by atoms with van der Waals surface area (Å²) in [7, 11) is 2.15. The molecule has 1 aliphatic heterocycles. The van der Waals surface area contributed by atoms with Gasteiger partial charge in [-0.2, -0.15) is 0 Å². The largest absolute Gasteiger partial charge is 0.508 e. The number of allylic oxidation sites excluding steroid dienone is 2. The summed E-state index contributed by atoms with van der Waals surface area (Å²) >= 11 is 4.00. The SMILES string of the molecule is CF.COC1C(C)/C=C(\C)C(OC(N)=O)C/C=C/C=C(\C)C(=O)Nc2cc(O)cc(c2O)C(OS)CCC1C. The third kappa shape index (κ3) is 10.2. The number of rotatable bonds is 3. The second-order valence-corrected chi connectivity index (χ2v) is 9.65. The van der Waals surface area contributed by atoms with E-state index < -0.39 is 24.2 Å². The van der Waals surface area contributed by atoms with E-state index in [0.29, 0.717) is 37.6 Å². The Balaban J connectivity index is 0.00000371. The summed E-state index contributed by atoms with van der Waals surface area (Å²) in [5, 5.41) is 23.8. The lowest BCUT2D eigenvalue weighted by molar-refractivity contribution is -0.112. The first-order valence-corrected chi connectivity index (χ1v) is 12.9. The predicted octanol–water partition coefficient (Wildman–Crippen LogP) is 5.91. The van der Waals surface area contributed by atoms with Gasteiger partial charge in [-0.3, -0.25) is 9.18 Å². The van der Waals surface area contributed by atoms with Gasteiger partial charge in [0, 0.05) is 36.7 Å². The van der Waals surface area contributed by atoms with Crippen molar-refractivity contribution >= 4 is 30.6 Å². The van der Waals surface area contributed by atoms with Crippen molar-refractivity contribution in [3.8, 4) is 11.5 Å². The number of phenols is 2. The van der Waals surface area contributed by atoms with E-state index >= 15 is 0 Å². The lowest BCUT2D eigenvalue weighted by Crippen LogP contribution is -2.29. The van der Waals surface area contributed by atoms with Crippen LogP contribution in [0.1, 0.15) is 58.6 Å². The number of aromatic hydroxyl groups is 2. The van der Waals surface area contributed by atoms with Gasteiger partial charge in [0.1, 0.15) is 23.7 Å². The molecule has 0 radical (unpaired) electrons. The molecule has 9 nitrogen and oxygen atoms in total. The van der Waals surface area contributed by atoms with E-state index in [-0.39, 0.29) is 35.1 Å². The second-order valence-electron chi connectivity index (χ2n) is 9.44. The van der Waals surface area contributed by atoms with Crippen LogP contribution in [0, 0.1) is 11.8 Å². The van der Waals surface area contributed by atoms with Gasteiger partial charge in [0.2, 0.25) is 0 Å². The monoisotopic (exact) mass is 568 g/mol. The average molecular weight is 569 g/mol. The number of carbonyl (C=O) groups is 2. The van der Waals surface area contributed by atoms with Gasteiger partial charge in [-0.25, -0.2) is 4.79 Å². The number of benzene rings is 1. The molecular weight excluding hydrogens is 527 g/mol. The normalized spacial score (nSPS) is 28.4. The summed E-state index contributed by atoms with van der Waals surface area (Å²) in [6.45, 7) is 7.56. The van der Waals surface area contributed by atoms with E-state index in [1.54, 1.807) is 32.3 Å². The number of nitrogens with one attached hydrogen (secondary N) is 1. The van der Waals surface area contributed by atoms with Crippen LogP contribution in [0.3, 0.4) is 0 Å². The topological polar surface area (TPSA) is 140 Å². The van der Waals surface area contributed by atoms with Gasteiger partial charge in [-0.15, -0.1) is 0 Å². The number of amides is 2. The van der Waals surface area contributed by atoms with Crippen molar-refractivity contribution in [2.45, 2.75) is 65.3 Å². The fourth-order valence-corrected chi connectivity index (χ4v) is 4.80. The number of primary amides is 1. The molecule has 0 aromatic heterocycles. The van der Waals surface area contributed by atoms with Gasteiger partial charge in [0.15, 0.2) is 0 Å². The zero-order chi connectivity index (χ0) is 29.7. The summed E-state index contributed by atoms with van der Waals surface area (Å²) in [5.41, 5.74) is 6.84. The zero-order valence-corrected chi connectivity index (χ0v) is 24.2. The van der Waals surface area contributed by atoms with E-state index in [0.717, 1.165) is 5.57 Å². The molecule has 1 aromatic carbocycles. The number of alkyl halides is 1. The van der Waals surface area contributed by atoms with E-state index in [2.05, 4.69) is 25.2 Å². The highest BCUT2D eigenvalue weighted by Gasteiger charge is 2.27. The van der Waals surface area contributed by atoms with Gasteiger partial charge in [-0.05, 0) is 57.2 Å².